The van der Waals surface area contributed by atoms with Crippen LogP contribution in [0.2, 0.25) is 0 Å². The number of rotatable bonds is 6. The number of hydrogen-bond donors (Lipinski definition) is 2. The Hall–Kier alpha value is -2.41. The molecule has 1 aromatic heterocycles. The molecule has 0 radical (unpaired) electrons. The van der Waals surface area contributed by atoms with Crippen molar-refractivity contribution in [2.24, 2.45) is 0 Å². The number of carbonyl (C=O) groups excluding carboxylic acids is 1. The molecule has 1 fully saturated rings. The molecule has 1 saturated heterocycles. The van der Waals surface area contributed by atoms with Gasteiger partial charge in [-0.3, -0.25) is 0 Å². The van der Waals surface area contributed by atoms with E-state index in [-0.39, 0.29) is 30.0 Å². The Bertz CT molecular complexity index is 669. The van der Waals surface area contributed by atoms with Gasteiger partial charge in [-0.25, -0.2) is 14.2 Å². The smallest absolute Gasteiger partial charge is 0.315 e. The highest BCUT2D eigenvalue weighted by Gasteiger charge is 2.29. The van der Waals surface area contributed by atoms with Crippen LogP contribution in [0.15, 0.2) is 43.0 Å². The Morgan fingerprint density at radius 1 is 1.40 bits per heavy atom. The Kier molecular flexibility index (Phi) is 5.65. The maximum absolute atomic E-state index is 13.2. The van der Waals surface area contributed by atoms with E-state index in [0.717, 1.165) is 18.4 Å². The molecule has 2 heterocycles. The van der Waals surface area contributed by atoms with Gasteiger partial charge in [0, 0.05) is 31.6 Å². The van der Waals surface area contributed by atoms with Crippen molar-refractivity contribution in [2.75, 3.05) is 6.61 Å². The molecule has 2 N–H and O–H groups in total. The fourth-order valence-corrected chi connectivity index (χ4v) is 3.09. The molecule has 2 aromatic rings. The van der Waals surface area contributed by atoms with E-state index in [2.05, 4.69) is 15.6 Å². The lowest BCUT2D eigenvalue weighted by Gasteiger charge is -2.26. The molecule has 134 valence electrons. The highest BCUT2D eigenvalue weighted by Crippen LogP contribution is 2.27. The second-order valence-corrected chi connectivity index (χ2v) is 6.36. The van der Waals surface area contributed by atoms with Crippen LogP contribution < -0.4 is 10.6 Å². The molecule has 0 bridgehead atoms. The van der Waals surface area contributed by atoms with Gasteiger partial charge in [0.25, 0.3) is 0 Å². The van der Waals surface area contributed by atoms with Gasteiger partial charge < -0.3 is 19.9 Å². The second-order valence-electron chi connectivity index (χ2n) is 6.36. The van der Waals surface area contributed by atoms with E-state index < -0.39 is 0 Å². The summed E-state index contributed by atoms with van der Waals surface area (Å²) in [5.41, 5.74) is 0.839. The standard InChI is InChI=1S/C18H23FN4O2/c1-13(11-23-9-8-20-12-23)21-18(24)22-17(16-3-2-10-25-16)14-4-6-15(19)7-5-14/h4-9,12-13,16-17H,2-3,10-11H2,1H3,(H2,21,22,24). The Labute approximate surface area is 146 Å². The van der Waals surface area contributed by atoms with Crippen LogP contribution in [-0.4, -0.2) is 34.3 Å². The van der Waals surface area contributed by atoms with Gasteiger partial charge in [0.05, 0.1) is 18.5 Å². The van der Waals surface area contributed by atoms with E-state index in [9.17, 15) is 9.18 Å². The van der Waals surface area contributed by atoms with Gasteiger partial charge in [0.1, 0.15) is 5.82 Å². The van der Waals surface area contributed by atoms with Crippen LogP contribution in [0.3, 0.4) is 0 Å². The summed E-state index contributed by atoms with van der Waals surface area (Å²) in [6.07, 6.45) is 7.00. The predicted molar refractivity (Wildman–Crippen MR) is 91.5 cm³/mol. The molecule has 0 aliphatic carbocycles. The van der Waals surface area contributed by atoms with Crippen LogP contribution in [0.5, 0.6) is 0 Å². The number of urea groups is 1. The summed E-state index contributed by atoms with van der Waals surface area (Å²) in [5, 5.41) is 5.91. The van der Waals surface area contributed by atoms with E-state index in [1.807, 2.05) is 17.7 Å². The number of benzene rings is 1. The average molecular weight is 346 g/mol. The van der Waals surface area contributed by atoms with Gasteiger partial charge in [-0.05, 0) is 37.5 Å². The van der Waals surface area contributed by atoms with Crippen LogP contribution in [-0.2, 0) is 11.3 Å². The van der Waals surface area contributed by atoms with Crippen LogP contribution in [0.4, 0.5) is 9.18 Å². The minimum atomic E-state index is -0.302. The number of imidazole rings is 1. The van der Waals surface area contributed by atoms with Crippen LogP contribution in [0, 0.1) is 5.82 Å². The maximum Gasteiger partial charge on any atom is 0.315 e. The lowest BCUT2D eigenvalue weighted by atomic mass is 9.99. The summed E-state index contributed by atoms with van der Waals surface area (Å²) in [7, 11) is 0. The zero-order valence-electron chi connectivity index (χ0n) is 14.2. The van der Waals surface area contributed by atoms with Crippen LogP contribution in [0.1, 0.15) is 31.4 Å². The molecule has 6 nitrogen and oxygen atoms in total. The summed E-state index contributed by atoms with van der Waals surface area (Å²) in [5.74, 6) is -0.298. The topological polar surface area (TPSA) is 68.2 Å². The number of halogens is 1. The number of hydrogen-bond acceptors (Lipinski definition) is 3. The number of ether oxygens (including phenoxy) is 1. The molecular weight excluding hydrogens is 323 g/mol. The SMILES string of the molecule is CC(Cn1ccnc1)NC(=O)NC(c1ccc(F)cc1)C1CCCO1. The van der Waals surface area contributed by atoms with Gasteiger partial charge in [0.15, 0.2) is 0 Å². The highest BCUT2D eigenvalue weighted by atomic mass is 19.1. The number of carbonyl (C=O) groups is 1. The average Bonchev–Trinajstić information content (AvgIpc) is 3.27. The maximum atomic E-state index is 13.2. The van der Waals surface area contributed by atoms with Crippen molar-refractivity contribution in [1.82, 2.24) is 20.2 Å². The quantitative estimate of drug-likeness (QED) is 0.845. The molecule has 1 aromatic carbocycles. The molecule has 0 spiro atoms. The van der Waals surface area contributed by atoms with E-state index >= 15 is 0 Å². The fourth-order valence-electron chi connectivity index (χ4n) is 3.09. The van der Waals surface area contributed by atoms with Gasteiger partial charge in [-0.2, -0.15) is 0 Å². The zero-order valence-corrected chi connectivity index (χ0v) is 14.2. The number of aromatic nitrogens is 2. The molecule has 0 saturated carbocycles. The Morgan fingerprint density at radius 2 is 2.20 bits per heavy atom. The fraction of sp³-hybridized carbons (Fsp3) is 0.444. The normalized spacial score (nSPS) is 19.4. The number of nitrogens with one attached hydrogen (secondary N) is 2. The summed E-state index contributed by atoms with van der Waals surface area (Å²) < 4.78 is 20.9. The van der Waals surface area contributed by atoms with Gasteiger partial charge in [-0.15, -0.1) is 0 Å². The Morgan fingerprint density at radius 3 is 2.84 bits per heavy atom. The summed E-state index contributed by atoms with van der Waals surface area (Å²) in [6.45, 7) is 3.25. The number of nitrogens with zero attached hydrogens (tertiary/aromatic N) is 2. The van der Waals surface area contributed by atoms with Crippen molar-refractivity contribution < 1.29 is 13.9 Å². The van der Waals surface area contributed by atoms with E-state index in [1.165, 1.54) is 12.1 Å². The van der Waals surface area contributed by atoms with E-state index in [4.69, 9.17) is 4.74 Å². The molecule has 1 aliphatic heterocycles. The Balaban J connectivity index is 1.62. The van der Waals surface area contributed by atoms with Crippen molar-refractivity contribution in [2.45, 2.75) is 44.5 Å². The summed E-state index contributed by atoms with van der Waals surface area (Å²) in [4.78, 5) is 16.4. The molecule has 3 unspecified atom stereocenters. The first-order valence-electron chi connectivity index (χ1n) is 8.51. The molecule has 3 rings (SSSR count). The first kappa shape index (κ1) is 17.4. The van der Waals surface area contributed by atoms with Crippen molar-refractivity contribution >= 4 is 6.03 Å². The summed E-state index contributed by atoms with van der Waals surface area (Å²) >= 11 is 0. The third-order valence-corrected chi connectivity index (χ3v) is 4.27. The molecule has 1 aliphatic rings. The number of amides is 2. The largest absolute Gasteiger partial charge is 0.376 e. The lowest BCUT2D eigenvalue weighted by Crippen LogP contribution is -2.46. The van der Waals surface area contributed by atoms with Crippen molar-refractivity contribution in [3.05, 3.63) is 54.4 Å². The third kappa shape index (κ3) is 4.79. The predicted octanol–water partition coefficient (Wildman–Crippen LogP) is 2.63. The highest BCUT2D eigenvalue weighted by molar-refractivity contribution is 5.74. The monoisotopic (exact) mass is 346 g/mol. The van der Waals surface area contributed by atoms with E-state index in [0.29, 0.717) is 13.2 Å². The van der Waals surface area contributed by atoms with Crippen molar-refractivity contribution in [1.29, 1.82) is 0 Å². The molecule has 3 atom stereocenters. The molecule has 25 heavy (non-hydrogen) atoms. The summed E-state index contributed by atoms with van der Waals surface area (Å²) in [6, 6.07) is 5.55. The minimum absolute atomic E-state index is 0.0624. The zero-order chi connectivity index (χ0) is 17.6. The molecule has 7 heteroatoms. The molecular formula is C18H23FN4O2. The van der Waals surface area contributed by atoms with E-state index in [1.54, 1.807) is 24.7 Å². The molecule has 2 amide bonds. The lowest BCUT2D eigenvalue weighted by molar-refractivity contribution is 0.0805. The van der Waals surface area contributed by atoms with Crippen molar-refractivity contribution in [3.63, 3.8) is 0 Å². The first-order chi connectivity index (χ1) is 12.1. The van der Waals surface area contributed by atoms with Crippen LogP contribution in [0.25, 0.3) is 0 Å². The van der Waals surface area contributed by atoms with Gasteiger partial charge >= 0.3 is 6.03 Å². The minimum Gasteiger partial charge on any atom is -0.376 e. The van der Waals surface area contributed by atoms with Gasteiger partial charge in [-0.1, -0.05) is 12.1 Å². The van der Waals surface area contributed by atoms with Gasteiger partial charge in [0.2, 0.25) is 0 Å². The van der Waals surface area contributed by atoms with Crippen LogP contribution >= 0.6 is 0 Å². The first-order valence-corrected chi connectivity index (χ1v) is 8.51. The van der Waals surface area contributed by atoms with Crippen molar-refractivity contribution in [3.8, 4) is 0 Å². The second kappa shape index (κ2) is 8.11. The third-order valence-electron chi connectivity index (χ3n) is 4.27.